The number of hydrogen-bond donors (Lipinski definition) is 2. The van der Waals surface area contributed by atoms with Crippen molar-refractivity contribution >= 4 is 5.97 Å². The van der Waals surface area contributed by atoms with Gasteiger partial charge in [0.2, 0.25) is 0 Å². The van der Waals surface area contributed by atoms with Crippen molar-refractivity contribution in [3.63, 3.8) is 0 Å². The Balaban J connectivity index is 2.15. The molecule has 1 saturated heterocycles. The van der Waals surface area contributed by atoms with Crippen LogP contribution in [0, 0.1) is 29.6 Å². The van der Waals surface area contributed by atoms with Crippen LogP contribution in [0.25, 0.3) is 0 Å². The summed E-state index contributed by atoms with van der Waals surface area (Å²) >= 11 is 0. The molecule has 9 atom stereocenters. The first-order valence-corrected chi connectivity index (χ1v) is 10.8. The molecule has 158 valence electrons. The van der Waals surface area contributed by atoms with Crippen LogP contribution in [-0.4, -0.2) is 46.7 Å². The molecular weight excluding hydrogens is 344 g/mol. The van der Waals surface area contributed by atoms with E-state index in [2.05, 4.69) is 20.8 Å². The Labute approximate surface area is 164 Å². The Morgan fingerprint density at radius 1 is 1.15 bits per heavy atom. The quantitative estimate of drug-likeness (QED) is 0.685. The molecule has 27 heavy (non-hydrogen) atoms. The van der Waals surface area contributed by atoms with Crippen molar-refractivity contribution in [2.75, 3.05) is 0 Å². The number of rotatable bonds is 6. The molecule has 9 unspecified atom stereocenters. The fourth-order valence-corrected chi connectivity index (χ4v) is 5.03. The average Bonchev–Trinajstić information content (AvgIpc) is 2.56. The van der Waals surface area contributed by atoms with Crippen LogP contribution in [0.1, 0.15) is 73.6 Å². The number of carbonyl (C=O) groups is 1. The molecule has 0 aromatic carbocycles. The molecule has 2 aliphatic rings. The topological polar surface area (TPSA) is 76.0 Å². The lowest BCUT2D eigenvalue weighted by atomic mass is 9.70. The highest BCUT2D eigenvalue weighted by molar-refractivity contribution is 5.69. The Morgan fingerprint density at radius 3 is 2.37 bits per heavy atom. The molecule has 1 heterocycles. The molecule has 0 aromatic heterocycles. The highest BCUT2D eigenvalue weighted by atomic mass is 16.6. The summed E-state index contributed by atoms with van der Waals surface area (Å²) in [6.45, 7) is 12.3. The zero-order chi connectivity index (χ0) is 20.3. The predicted octanol–water partition coefficient (Wildman–Crippen LogP) is 3.55. The standard InChI is InChI=1S/C22H40O5/c1-7-18-15(6)21(25)22(27-20(24)8-12(2)3)19(26-18)11-16-14(5)9-13(4)10-17(16)23/h12-19,21-23,25H,7-11H2,1-6H3. The van der Waals surface area contributed by atoms with Gasteiger partial charge in [0.15, 0.2) is 6.10 Å². The summed E-state index contributed by atoms with van der Waals surface area (Å²) in [7, 11) is 0. The molecule has 0 aromatic rings. The molecule has 1 saturated carbocycles. The second kappa shape index (κ2) is 9.71. The number of ether oxygens (including phenoxy) is 2. The fourth-order valence-electron chi connectivity index (χ4n) is 5.03. The van der Waals surface area contributed by atoms with Gasteiger partial charge in [-0.05, 0) is 49.4 Å². The fraction of sp³-hybridized carbons (Fsp3) is 0.955. The van der Waals surface area contributed by atoms with E-state index in [1.165, 1.54) is 0 Å². The minimum absolute atomic E-state index is 0.0555. The Morgan fingerprint density at radius 2 is 1.81 bits per heavy atom. The van der Waals surface area contributed by atoms with Gasteiger partial charge in [-0.1, -0.05) is 41.5 Å². The summed E-state index contributed by atoms with van der Waals surface area (Å²) in [6.07, 6.45) is 1.46. The molecular formula is C22H40O5. The summed E-state index contributed by atoms with van der Waals surface area (Å²) in [5.74, 6) is 0.853. The van der Waals surface area contributed by atoms with Gasteiger partial charge in [-0.15, -0.1) is 0 Å². The molecule has 0 bridgehead atoms. The number of carbonyl (C=O) groups excluding carboxylic acids is 1. The van der Waals surface area contributed by atoms with Crippen molar-refractivity contribution in [2.24, 2.45) is 29.6 Å². The van der Waals surface area contributed by atoms with Gasteiger partial charge in [0.1, 0.15) is 0 Å². The van der Waals surface area contributed by atoms with E-state index in [0.717, 1.165) is 19.3 Å². The molecule has 2 rings (SSSR count). The number of hydrogen-bond acceptors (Lipinski definition) is 5. The van der Waals surface area contributed by atoms with Crippen LogP contribution in [0.4, 0.5) is 0 Å². The molecule has 5 heteroatoms. The monoisotopic (exact) mass is 384 g/mol. The maximum atomic E-state index is 12.3. The molecule has 5 nitrogen and oxygen atoms in total. The number of esters is 1. The average molecular weight is 385 g/mol. The molecule has 0 amide bonds. The zero-order valence-corrected chi connectivity index (χ0v) is 17.9. The smallest absolute Gasteiger partial charge is 0.306 e. The van der Waals surface area contributed by atoms with E-state index in [1.807, 2.05) is 20.8 Å². The lowest BCUT2D eigenvalue weighted by molar-refractivity contribution is -0.221. The van der Waals surface area contributed by atoms with Gasteiger partial charge in [-0.25, -0.2) is 0 Å². The van der Waals surface area contributed by atoms with Crippen LogP contribution < -0.4 is 0 Å². The van der Waals surface area contributed by atoms with Crippen molar-refractivity contribution < 1.29 is 24.5 Å². The van der Waals surface area contributed by atoms with Crippen LogP contribution in [0.15, 0.2) is 0 Å². The van der Waals surface area contributed by atoms with Gasteiger partial charge in [-0.2, -0.15) is 0 Å². The lowest BCUT2D eigenvalue weighted by Gasteiger charge is -2.46. The van der Waals surface area contributed by atoms with Crippen molar-refractivity contribution in [2.45, 2.75) is 104 Å². The summed E-state index contributed by atoms with van der Waals surface area (Å²) in [5, 5.41) is 21.5. The van der Waals surface area contributed by atoms with Gasteiger partial charge in [0.05, 0.1) is 24.4 Å². The SMILES string of the molecule is CCC1OC(CC2C(C)CC(C)CC2O)C(OC(=O)CC(C)C)C(O)C1C. The molecule has 1 aliphatic heterocycles. The number of aliphatic hydroxyl groups is 2. The lowest BCUT2D eigenvalue weighted by Crippen LogP contribution is -2.56. The summed E-state index contributed by atoms with van der Waals surface area (Å²) in [4.78, 5) is 12.3. The minimum atomic E-state index is -0.736. The normalized spacial score (nSPS) is 42.9. The zero-order valence-electron chi connectivity index (χ0n) is 17.9. The first-order chi connectivity index (χ1) is 12.6. The van der Waals surface area contributed by atoms with Crippen molar-refractivity contribution in [1.29, 1.82) is 0 Å². The maximum absolute atomic E-state index is 12.3. The Kier molecular flexibility index (Phi) is 8.14. The summed E-state index contributed by atoms with van der Waals surface area (Å²) < 4.78 is 12.0. The van der Waals surface area contributed by atoms with Gasteiger partial charge in [-0.3, -0.25) is 4.79 Å². The first-order valence-electron chi connectivity index (χ1n) is 10.8. The molecule has 2 fully saturated rings. The van der Waals surface area contributed by atoms with Crippen molar-refractivity contribution in [1.82, 2.24) is 0 Å². The van der Waals surface area contributed by atoms with E-state index in [0.29, 0.717) is 24.7 Å². The molecule has 0 radical (unpaired) electrons. The first kappa shape index (κ1) is 22.6. The van der Waals surface area contributed by atoms with Crippen LogP contribution >= 0.6 is 0 Å². The third-order valence-electron chi connectivity index (χ3n) is 6.57. The van der Waals surface area contributed by atoms with E-state index < -0.39 is 12.2 Å². The highest BCUT2D eigenvalue weighted by Crippen LogP contribution is 2.40. The Hall–Kier alpha value is -0.650. The largest absolute Gasteiger partial charge is 0.457 e. The minimum Gasteiger partial charge on any atom is -0.457 e. The van der Waals surface area contributed by atoms with Crippen molar-refractivity contribution in [3.05, 3.63) is 0 Å². The van der Waals surface area contributed by atoms with E-state index in [1.54, 1.807) is 0 Å². The van der Waals surface area contributed by atoms with Crippen LogP contribution in [0.3, 0.4) is 0 Å². The van der Waals surface area contributed by atoms with Crippen LogP contribution in [-0.2, 0) is 14.3 Å². The van der Waals surface area contributed by atoms with Crippen molar-refractivity contribution in [3.8, 4) is 0 Å². The van der Waals surface area contributed by atoms with Crippen LogP contribution in [0.2, 0.25) is 0 Å². The van der Waals surface area contributed by atoms with Gasteiger partial charge in [0, 0.05) is 12.3 Å². The third kappa shape index (κ3) is 5.68. The maximum Gasteiger partial charge on any atom is 0.306 e. The van der Waals surface area contributed by atoms with E-state index >= 15 is 0 Å². The van der Waals surface area contributed by atoms with E-state index in [4.69, 9.17) is 9.47 Å². The van der Waals surface area contributed by atoms with Gasteiger partial charge < -0.3 is 19.7 Å². The molecule has 0 spiro atoms. The molecule has 1 aliphatic carbocycles. The number of aliphatic hydroxyl groups excluding tert-OH is 2. The highest BCUT2D eigenvalue weighted by Gasteiger charge is 2.47. The van der Waals surface area contributed by atoms with Gasteiger partial charge >= 0.3 is 5.97 Å². The van der Waals surface area contributed by atoms with Crippen LogP contribution in [0.5, 0.6) is 0 Å². The Bertz CT molecular complexity index is 467. The summed E-state index contributed by atoms with van der Waals surface area (Å²) in [6, 6.07) is 0. The van der Waals surface area contributed by atoms with E-state index in [-0.39, 0.29) is 42.0 Å². The summed E-state index contributed by atoms with van der Waals surface area (Å²) in [5.41, 5.74) is 0. The third-order valence-corrected chi connectivity index (χ3v) is 6.57. The molecule has 2 N–H and O–H groups in total. The second-order valence-corrected chi connectivity index (χ2v) is 9.54. The van der Waals surface area contributed by atoms with E-state index in [9.17, 15) is 15.0 Å². The second-order valence-electron chi connectivity index (χ2n) is 9.54. The predicted molar refractivity (Wildman–Crippen MR) is 105 cm³/mol. The van der Waals surface area contributed by atoms with Gasteiger partial charge in [0.25, 0.3) is 0 Å².